The number of nitrogens with zero attached hydrogens (tertiary/aromatic N) is 2. The van der Waals surface area contributed by atoms with E-state index in [9.17, 15) is 4.79 Å². The van der Waals surface area contributed by atoms with Gasteiger partial charge in [-0.25, -0.2) is 0 Å². The molecule has 2 aliphatic carbocycles. The second-order valence-electron chi connectivity index (χ2n) is 9.44. The van der Waals surface area contributed by atoms with Crippen LogP contribution >= 0.6 is 0 Å². The normalized spacial score (nSPS) is 30.7. The van der Waals surface area contributed by atoms with Crippen LogP contribution < -0.4 is 16.0 Å². The Morgan fingerprint density at radius 3 is 2.48 bits per heavy atom. The first-order chi connectivity index (χ1) is 14.2. The molecule has 1 amide bonds. The summed E-state index contributed by atoms with van der Waals surface area (Å²) in [6.45, 7) is 5.02. The summed E-state index contributed by atoms with van der Waals surface area (Å²) in [7, 11) is 1.85. The monoisotopic (exact) mass is 405 g/mol. The van der Waals surface area contributed by atoms with Gasteiger partial charge in [-0.1, -0.05) is 6.42 Å². The Labute approximate surface area is 175 Å². The summed E-state index contributed by atoms with van der Waals surface area (Å²) in [4.78, 5) is 19.6. The van der Waals surface area contributed by atoms with Crippen molar-refractivity contribution < 1.29 is 9.53 Å². The third-order valence-electron chi connectivity index (χ3n) is 7.32. The van der Waals surface area contributed by atoms with Crippen molar-refractivity contribution in [3.8, 4) is 0 Å². The van der Waals surface area contributed by atoms with Crippen LogP contribution in [0.25, 0.3) is 0 Å². The van der Waals surface area contributed by atoms with E-state index in [1.54, 1.807) is 0 Å². The maximum Gasteiger partial charge on any atom is 0.223 e. The van der Waals surface area contributed by atoms with Crippen molar-refractivity contribution in [2.45, 2.75) is 81.8 Å². The number of carbonyl (C=O) groups is 1. The Morgan fingerprint density at radius 2 is 1.79 bits per heavy atom. The van der Waals surface area contributed by atoms with Crippen molar-refractivity contribution in [3.05, 3.63) is 0 Å². The van der Waals surface area contributed by atoms with Crippen LogP contribution in [0.1, 0.15) is 64.2 Å². The van der Waals surface area contributed by atoms with Crippen molar-refractivity contribution in [3.63, 3.8) is 0 Å². The molecule has 0 aromatic carbocycles. The highest BCUT2D eigenvalue weighted by Gasteiger charge is 2.40. The van der Waals surface area contributed by atoms with E-state index in [2.05, 4.69) is 25.8 Å². The lowest BCUT2D eigenvalue weighted by molar-refractivity contribution is -0.126. The third-order valence-corrected chi connectivity index (χ3v) is 7.32. The van der Waals surface area contributed by atoms with Crippen LogP contribution in [0.4, 0.5) is 0 Å². The fourth-order valence-corrected chi connectivity index (χ4v) is 5.29. The predicted molar refractivity (Wildman–Crippen MR) is 115 cm³/mol. The van der Waals surface area contributed by atoms with Crippen molar-refractivity contribution >= 4 is 11.9 Å². The van der Waals surface area contributed by atoms with Crippen molar-refractivity contribution in [2.75, 3.05) is 39.9 Å². The van der Waals surface area contributed by atoms with Crippen molar-refractivity contribution in [1.29, 1.82) is 0 Å². The number of guanidine groups is 1. The molecule has 2 saturated carbocycles. The van der Waals surface area contributed by atoms with E-state index in [-0.39, 0.29) is 17.4 Å². The molecule has 4 rings (SSSR count). The smallest absolute Gasteiger partial charge is 0.223 e. The van der Waals surface area contributed by atoms with Gasteiger partial charge in [-0.05, 0) is 70.9 Å². The van der Waals surface area contributed by atoms with Gasteiger partial charge >= 0.3 is 0 Å². The Morgan fingerprint density at radius 1 is 1.03 bits per heavy atom. The van der Waals surface area contributed by atoms with E-state index < -0.39 is 0 Å². The SMILES string of the molecule is CN=C(NCC1(N2CCCC2)CCOCC1)NC1CCCC(C(=O)NC2CC2)C1. The van der Waals surface area contributed by atoms with E-state index in [0.29, 0.717) is 12.1 Å². The van der Waals surface area contributed by atoms with Crippen LogP contribution in [0.3, 0.4) is 0 Å². The molecule has 0 aromatic rings. The number of nitrogens with one attached hydrogen (secondary N) is 3. The highest BCUT2D eigenvalue weighted by molar-refractivity contribution is 5.81. The van der Waals surface area contributed by atoms with E-state index in [1.807, 2.05) is 7.05 Å². The van der Waals surface area contributed by atoms with Crippen molar-refractivity contribution in [2.24, 2.45) is 10.9 Å². The first-order valence-electron chi connectivity index (χ1n) is 11.8. The molecule has 7 heteroatoms. The van der Waals surface area contributed by atoms with Gasteiger partial charge in [-0.15, -0.1) is 0 Å². The first-order valence-corrected chi connectivity index (χ1v) is 11.8. The lowest BCUT2D eigenvalue weighted by atomic mass is 9.85. The standard InChI is InChI=1S/C22H39N5O2/c1-23-21(24-16-22(9-13-29-14-10-22)27-11-2-3-12-27)26-19-6-4-5-17(15-19)20(28)25-18-7-8-18/h17-19H,2-16H2,1H3,(H,25,28)(H2,23,24,26). The molecule has 0 spiro atoms. The second-order valence-corrected chi connectivity index (χ2v) is 9.44. The first kappa shape index (κ1) is 20.9. The van der Waals surface area contributed by atoms with Gasteiger partial charge in [0.05, 0.1) is 0 Å². The third kappa shape index (κ3) is 5.43. The average Bonchev–Trinajstić information content (AvgIpc) is 3.39. The minimum atomic E-state index is 0.145. The molecule has 4 aliphatic rings. The zero-order valence-electron chi connectivity index (χ0n) is 18.0. The second kappa shape index (κ2) is 9.65. The molecule has 4 fully saturated rings. The molecule has 0 radical (unpaired) electrons. The maximum absolute atomic E-state index is 12.5. The number of hydrogen-bond donors (Lipinski definition) is 3. The fraction of sp³-hybridized carbons (Fsp3) is 0.909. The van der Waals surface area contributed by atoms with Gasteiger partial charge in [0.25, 0.3) is 0 Å². The number of aliphatic imine (C=N–C) groups is 1. The molecule has 29 heavy (non-hydrogen) atoms. The highest BCUT2D eigenvalue weighted by atomic mass is 16.5. The number of likely N-dealkylation sites (tertiary alicyclic amines) is 1. The largest absolute Gasteiger partial charge is 0.381 e. The topological polar surface area (TPSA) is 78.0 Å². The van der Waals surface area contributed by atoms with Gasteiger partial charge in [0.1, 0.15) is 0 Å². The van der Waals surface area contributed by atoms with Crippen LogP contribution in [-0.4, -0.2) is 74.3 Å². The Balaban J connectivity index is 1.29. The minimum Gasteiger partial charge on any atom is -0.381 e. The van der Waals surface area contributed by atoms with Gasteiger partial charge in [0.15, 0.2) is 5.96 Å². The molecular weight excluding hydrogens is 366 g/mol. The van der Waals surface area contributed by atoms with Gasteiger partial charge in [-0.2, -0.15) is 0 Å². The van der Waals surface area contributed by atoms with E-state index in [0.717, 1.165) is 77.1 Å². The lowest BCUT2D eigenvalue weighted by Crippen LogP contribution is -2.59. The fourth-order valence-electron chi connectivity index (χ4n) is 5.29. The average molecular weight is 406 g/mol. The summed E-state index contributed by atoms with van der Waals surface area (Å²) in [5.41, 5.74) is 0.186. The molecule has 0 bridgehead atoms. The van der Waals surface area contributed by atoms with E-state index in [1.165, 1.54) is 25.9 Å². The van der Waals surface area contributed by atoms with Crippen LogP contribution in [0, 0.1) is 5.92 Å². The molecule has 2 atom stereocenters. The summed E-state index contributed by atoms with van der Waals surface area (Å²) < 4.78 is 5.67. The van der Waals surface area contributed by atoms with Crippen LogP contribution in [0.2, 0.25) is 0 Å². The molecule has 2 heterocycles. The van der Waals surface area contributed by atoms with Gasteiger partial charge in [0, 0.05) is 50.3 Å². The lowest BCUT2D eigenvalue weighted by Gasteiger charge is -2.45. The Hall–Kier alpha value is -1.34. The number of carbonyl (C=O) groups excluding carboxylic acids is 1. The molecule has 0 aromatic heterocycles. The number of rotatable bonds is 6. The number of ether oxygens (including phenoxy) is 1. The van der Waals surface area contributed by atoms with Crippen molar-refractivity contribution in [1.82, 2.24) is 20.9 Å². The summed E-state index contributed by atoms with van der Waals surface area (Å²) in [6, 6.07) is 0.772. The van der Waals surface area contributed by atoms with Crippen LogP contribution in [-0.2, 0) is 9.53 Å². The quantitative estimate of drug-likeness (QED) is 0.463. The highest BCUT2D eigenvalue weighted by Crippen LogP contribution is 2.31. The predicted octanol–water partition coefficient (Wildman–Crippen LogP) is 1.63. The van der Waals surface area contributed by atoms with Gasteiger partial charge in [-0.3, -0.25) is 14.7 Å². The Bertz CT molecular complexity index is 580. The van der Waals surface area contributed by atoms with Gasteiger partial charge in [0.2, 0.25) is 5.91 Å². The molecule has 2 aliphatic heterocycles. The van der Waals surface area contributed by atoms with E-state index in [4.69, 9.17) is 4.74 Å². The zero-order chi connectivity index (χ0) is 20.1. The molecule has 3 N–H and O–H groups in total. The zero-order valence-corrected chi connectivity index (χ0v) is 18.0. The number of amides is 1. The van der Waals surface area contributed by atoms with Gasteiger partial charge < -0.3 is 20.7 Å². The molecular formula is C22H39N5O2. The Kier molecular flexibility index (Phi) is 6.96. The molecule has 2 saturated heterocycles. The molecule has 164 valence electrons. The summed E-state index contributed by atoms with van der Waals surface area (Å²) in [5, 5.41) is 10.4. The van der Waals surface area contributed by atoms with Crippen LogP contribution in [0.15, 0.2) is 4.99 Å². The molecule has 7 nitrogen and oxygen atoms in total. The molecule has 2 unspecified atom stereocenters. The minimum absolute atomic E-state index is 0.145. The summed E-state index contributed by atoms with van der Waals surface area (Å²) in [5.74, 6) is 1.28. The van der Waals surface area contributed by atoms with E-state index >= 15 is 0 Å². The maximum atomic E-state index is 12.5. The summed E-state index contributed by atoms with van der Waals surface area (Å²) in [6.07, 6.45) is 11.2. The summed E-state index contributed by atoms with van der Waals surface area (Å²) >= 11 is 0. The van der Waals surface area contributed by atoms with Crippen LogP contribution in [0.5, 0.6) is 0 Å². The number of hydrogen-bond acceptors (Lipinski definition) is 4.